The summed E-state index contributed by atoms with van der Waals surface area (Å²) in [6.45, 7) is 3.93. The molecule has 0 saturated carbocycles. The van der Waals surface area contributed by atoms with Gasteiger partial charge in [0.15, 0.2) is 5.96 Å². The van der Waals surface area contributed by atoms with Crippen molar-refractivity contribution in [3.8, 4) is 0 Å². The van der Waals surface area contributed by atoms with Gasteiger partial charge in [0.05, 0.1) is 11.6 Å². The van der Waals surface area contributed by atoms with Crippen LogP contribution in [0.1, 0.15) is 36.9 Å². The molecule has 0 spiro atoms. The lowest BCUT2D eigenvalue weighted by molar-refractivity contribution is -0.137. The quantitative estimate of drug-likeness (QED) is 0.358. The van der Waals surface area contributed by atoms with E-state index in [9.17, 15) is 13.2 Å². The molecule has 2 N–H and O–H groups in total. The molecule has 1 fully saturated rings. The fourth-order valence-electron chi connectivity index (χ4n) is 3.25. The monoisotopic (exact) mass is 514 g/mol. The maximum absolute atomic E-state index is 12.9. The minimum atomic E-state index is -4.35. The first-order valence-electron chi connectivity index (χ1n) is 9.07. The number of aliphatic imine (C=N–C) groups is 1. The van der Waals surface area contributed by atoms with Gasteiger partial charge in [-0.3, -0.25) is 4.99 Å². The Kier molecular flexibility index (Phi) is 9.48. The van der Waals surface area contributed by atoms with E-state index in [0.717, 1.165) is 18.9 Å². The highest BCUT2D eigenvalue weighted by molar-refractivity contribution is 14.0. The van der Waals surface area contributed by atoms with Crippen LogP contribution in [0.25, 0.3) is 0 Å². The lowest BCUT2D eigenvalue weighted by atomic mass is 9.88. The van der Waals surface area contributed by atoms with Crippen molar-refractivity contribution in [1.82, 2.24) is 15.5 Å². The summed E-state index contributed by atoms with van der Waals surface area (Å²) < 4.78 is 44.3. The molecule has 28 heavy (non-hydrogen) atoms. The van der Waals surface area contributed by atoms with Crippen LogP contribution < -0.4 is 10.6 Å². The topological polar surface area (TPSA) is 48.9 Å². The third kappa shape index (κ3) is 6.48. The van der Waals surface area contributed by atoms with Gasteiger partial charge in [-0.05, 0) is 51.6 Å². The summed E-state index contributed by atoms with van der Waals surface area (Å²) in [6, 6.07) is 5.04. The Bertz CT molecular complexity index is 646. The molecule has 1 atom stereocenters. The Morgan fingerprint density at radius 1 is 1.29 bits per heavy atom. The van der Waals surface area contributed by atoms with Crippen molar-refractivity contribution in [1.29, 1.82) is 0 Å². The van der Waals surface area contributed by atoms with Crippen LogP contribution >= 0.6 is 24.0 Å². The summed E-state index contributed by atoms with van der Waals surface area (Å²) in [7, 11) is 5.75. The van der Waals surface area contributed by atoms with E-state index in [0.29, 0.717) is 31.3 Å². The molecule has 1 aliphatic rings. The van der Waals surface area contributed by atoms with Crippen molar-refractivity contribution in [2.24, 2.45) is 4.99 Å². The van der Waals surface area contributed by atoms with Gasteiger partial charge < -0.3 is 20.3 Å². The predicted octanol–water partition coefficient (Wildman–Crippen LogP) is 3.66. The van der Waals surface area contributed by atoms with Gasteiger partial charge in [0.25, 0.3) is 0 Å². The number of rotatable bonds is 5. The van der Waals surface area contributed by atoms with Crippen LogP contribution in [0.3, 0.4) is 0 Å². The van der Waals surface area contributed by atoms with Crippen LogP contribution in [0.5, 0.6) is 0 Å². The van der Waals surface area contributed by atoms with Crippen molar-refractivity contribution >= 4 is 29.9 Å². The number of ether oxygens (including phenoxy) is 1. The maximum atomic E-state index is 12.9. The number of hydrogen-bond donors (Lipinski definition) is 2. The van der Waals surface area contributed by atoms with Crippen molar-refractivity contribution in [2.75, 3.05) is 40.9 Å². The first kappa shape index (κ1) is 25.0. The van der Waals surface area contributed by atoms with Crippen LogP contribution in [-0.2, 0) is 10.9 Å². The van der Waals surface area contributed by atoms with E-state index in [1.165, 1.54) is 12.1 Å². The smallest absolute Gasteiger partial charge is 0.381 e. The summed E-state index contributed by atoms with van der Waals surface area (Å²) in [5.74, 6) is 0.563. The second kappa shape index (κ2) is 10.6. The second-order valence-electron chi connectivity index (χ2n) is 7.15. The summed E-state index contributed by atoms with van der Waals surface area (Å²) in [6.07, 6.45) is -2.53. The summed E-state index contributed by atoms with van der Waals surface area (Å²) in [5, 5.41) is 6.51. The Hall–Kier alpha value is -1.07. The van der Waals surface area contributed by atoms with Crippen LogP contribution in [0, 0.1) is 0 Å². The number of alkyl halides is 3. The third-order valence-electron chi connectivity index (χ3n) is 5.25. The van der Waals surface area contributed by atoms with Crippen molar-refractivity contribution < 1.29 is 17.9 Å². The van der Waals surface area contributed by atoms with Crippen molar-refractivity contribution in [3.05, 3.63) is 35.4 Å². The highest BCUT2D eigenvalue weighted by Crippen LogP contribution is 2.30. The molecule has 1 aromatic rings. The largest absolute Gasteiger partial charge is 0.416 e. The lowest BCUT2D eigenvalue weighted by Crippen LogP contribution is -2.57. The normalized spacial score (nSPS) is 18.4. The maximum Gasteiger partial charge on any atom is 0.416 e. The van der Waals surface area contributed by atoms with E-state index in [4.69, 9.17) is 4.74 Å². The van der Waals surface area contributed by atoms with Crippen molar-refractivity contribution in [3.63, 3.8) is 0 Å². The summed E-state index contributed by atoms with van der Waals surface area (Å²) in [5.41, 5.74) is -0.124. The third-order valence-corrected chi connectivity index (χ3v) is 5.25. The fourth-order valence-corrected chi connectivity index (χ4v) is 3.25. The van der Waals surface area contributed by atoms with Gasteiger partial charge in [-0.1, -0.05) is 12.1 Å². The zero-order valence-electron chi connectivity index (χ0n) is 16.8. The SMILES string of the molecule is CN=C(NCC1(N(C)C)CCOCC1)NC(C)c1cccc(C(F)(F)F)c1.I. The Morgan fingerprint density at radius 2 is 1.93 bits per heavy atom. The number of guanidine groups is 1. The average molecular weight is 514 g/mol. The van der Waals surface area contributed by atoms with Crippen LogP contribution in [0.15, 0.2) is 29.3 Å². The number of nitrogens with one attached hydrogen (secondary N) is 2. The molecule has 0 aromatic heterocycles. The Labute approximate surface area is 182 Å². The minimum absolute atomic E-state index is 0. The molecule has 1 unspecified atom stereocenters. The summed E-state index contributed by atoms with van der Waals surface area (Å²) in [4.78, 5) is 6.42. The van der Waals surface area contributed by atoms with E-state index in [2.05, 4.69) is 34.6 Å². The van der Waals surface area contributed by atoms with E-state index in [1.54, 1.807) is 13.1 Å². The number of benzene rings is 1. The van der Waals surface area contributed by atoms with Gasteiger partial charge in [0.1, 0.15) is 0 Å². The summed E-state index contributed by atoms with van der Waals surface area (Å²) >= 11 is 0. The second-order valence-corrected chi connectivity index (χ2v) is 7.15. The minimum Gasteiger partial charge on any atom is -0.381 e. The first-order valence-corrected chi connectivity index (χ1v) is 9.07. The number of nitrogens with zero attached hydrogens (tertiary/aromatic N) is 2. The lowest BCUT2D eigenvalue weighted by Gasteiger charge is -2.43. The molecule has 160 valence electrons. The molecule has 0 aliphatic carbocycles. The molecular formula is C19H30F3IN4O. The molecule has 1 aromatic carbocycles. The van der Waals surface area contributed by atoms with Crippen molar-refractivity contribution in [2.45, 2.75) is 37.5 Å². The Balaban J connectivity index is 0.00000392. The number of hydrogen-bond acceptors (Lipinski definition) is 3. The van der Waals surface area contributed by atoms with Crippen LogP contribution in [-0.4, -0.2) is 57.3 Å². The predicted molar refractivity (Wildman–Crippen MR) is 116 cm³/mol. The molecule has 1 aliphatic heterocycles. The van der Waals surface area contributed by atoms with E-state index in [1.807, 2.05) is 6.92 Å². The van der Waals surface area contributed by atoms with Gasteiger partial charge in [-0.25, -0.2) is 0 Å². The molecule has 0 radical (unpaired) electrons. The Morgan fingerprint density at radius 3 is 2.46 bits per heavy atom. The van der Waals surface area contributed by atoms with Gasteiger partial charge in [0.2, 0.25) is 0 Å². The highest BCUT2D eigenvalue weighted by atomic mass is 127. The molecule has 0 bridgehead atoms. The van der Waals surface area contributed by atoms with Gasteiger partial charge in [-0.2, -0.15) is 13.2 Å². The molecule has 2 rings (SSSR count). The molecule has 0 amide bonds. The zero-order chi connectivity index (χ0) is 20.1. The number of halogens is 4. The highest BCUT2D eigenvalue weighted by Gasteiger charge is 2.35. The van der Waals surface area contributed by atoms with E-state index >= 15 is 0 Å². The number of likely N-dealkylation sites (N-methyl/N-ethyl adjacent to an activating group) is 1. The molecule has 9 heteroatoms. The zero-order valence-corrected chi connectivity index (χ0v) is 19.1. The first-order chi connectivity index (χ1) is 12.7. The molecule has 5 nitrogen and oxygen atoms in total. The van der Waals surface area contributed by atoms with Crippen LogP contribution in [0.4, 0.5) is 13.2 Å². The standard InChI is InChI=1S/C19H29F3N4O.HI/c1-14(15-6-5-7-16(12-15)19(20,21)22)25-17(23-2)24-13-18(26(3)4)8-10-27-11-9-18;/h5-7,12,14H,8-11,13H2,1-4H3,(H2,23,24,25);1H. The van der Waals surface area contributed by atoms with Crippen LogP contribution in [0.2, 0.25) is 0 Å². The van der Waals surface area contributed by atoms with Gasteiger partial charge in [-0.15, -0.1) is 24.0 Å². The van der Waals surface area contributed by atoms with E-state index < -0.39 is 11.7 Å². The average Bonchev–Trinajstić information content (AvgIpc) is 2.65. The molecule has 1 heterocycles. The van der Waals surface area contributed by atoms with Gasteiger partial charge in [0, 0.05) is 32.3 Å². The molecular weight excluding hydrogens is 484 g/mol. The van der Waals surface area contributed by atoms with Gasteiger partial charge >= 0.3 is 6.18 Å². The fraction of sp³-hybridized carbons (Fsp3) is 0.632. The van der Waals surface area contributed by atoms with E-state index in [-0.39, 0.29) is 35.6 Å². The molecule has 1 saturated heterocycles.